The predicted octanol–water partition coefficient (Wildman–Crippen LogP) is 2.88. The molecule has 1 unspecified atom stereocenters. The number of rotatable bonds is 4. The number of hydrogen-bond acceptors (Lipinski definition) is 4. The minimum Gasteiger partial charge on any atom is -0.380 e. The summed E-state index contributed by atoms with van der Waals surface area (Å²) in [6.07, 6.45) is 5.54. The number of carbonyl (C=O) groups is 1. The van der Waals surface area contributed by atoms with Gasteiger partial charge in [0, 0.05) is 23.7 Å². The van der Waals surface area contributed by atoms with Crippen LogP contribution in [0, 0.1) is 24.7 Å². The number of aryl methyl sites for hydroxylation is 1. The van der Waals surface area contributed by atoms with Crippen molar-refractivity contribution in [2.75, 3.05) is 6.61 Å². The lowest BCUT2D eigenvalue weighted by atomic mass is 10.0. The van der Waals surface area contributed by atoms with Crippen LogP contribution < -0.4 is 5.73 Å². The summed E-state index contributed by atoms with van der Waals surface area (Å²) in [5.41, 5.74) is 8.61. The van der Waals surface area contributed by atoms with Gasteiger partial charge >= 0.3 is 5.97 Å². The molecule has 0 bridgehead atoms. The largest absolute Gasteiger partial charge is 0.380 e. The van der Waals surface area contributed by atoms with Crippen LogP contribution in [0.5, 0.6) is 0 Å². The molecule has 1 saturated heterocycles. The Hall–Kier alpha value is -2.32. The molecule has 1 aliphatic heterocycles. The molecule has 1 aromatic carbocycles. The Bertz CT molecular complexity index is 720. The van der Waals surface area contributed by atoms with Crippen molar-refractivity contribution in [3.63, 3.8) is 0 Å². The molecule has 1 atom stereocenters. The van der Waals surface area contributed by atoms with Crippen molar-refractivity contribution in [1.29, 1.82) is 0 Å². The number of carbonyl (C=O) groups excluding carboxylic acids is 1. The molecule has 0 aromatic heterocycles. The Kier molecular flexibility index (Phi) is 5.72. The van der Waals surface area contributed by atoms with E-state index in [1.165, 1.54) is 12.8 Å². The number of nitrogens with two attached hydrogens (primary N) is 1. The van der Waals surface area contributed by atoms with Crippen molar-refractivity contribution in [1.82, 2.24) is 0 Å². The van der Waals surface area contributed by atoms with Crippen LogP contribution in [0.4, 0.5) is 0 Å². The van der Waals surface area contributed by atoms with Crippen molar-refractivity contribution >= 4 is 11.8 Å². The van der Waals surface area contributed by atoms with Crippen molar-refractivity contribution < 1.29 is 14.4 Å². The molecule has 25 heavy (non-hydrogen) atoms. The van der Waals surface area contributed by atoms with Crippen molar-refractivity contribution in [2.45, 2.75) is 51.6 Å². The second kappa shape index (κ2) is 8.17. The second-order valence-corrected chi connectivity index (χ2v) is 6.71. The SMILES string of the molecule is Cc1ccc(C#CC2CC2)cc1/C(N)=N/OC(=O)CC1CCCCO1. The fraction of sp³-hybridized carbons (Fsp3) is 0.500. The average Bonchev–Trinajstić information content (AvgIpc) is 3.44. The summed E-state index contributed by atoms with van der Waals surface area (Å²) in [7, 11) is 0. The number of nitrogens with zero attached hydrogens (tertiary/aromatic N) is 1. The summed E-state index contributed by atoms with van der Waals surface area (Å²) in [6.45, 7) is 2.64. The molecule has 1 aromatic rings. The molecule has 0 spiro atoms. The molecule has 1 saturated carbocycles. The summed E-state index contributed by atoms with van der Waals surface area (Å²) in [5, 5.41) is 3.81. The zero-order chi connectivity index (χ0) is 17.6. The zero-order valence-electron chi connectivity index (χ0n) is 14.6. The third-order valence-corrected chi connectivity index (χ3v) is 4.43. The molecular formula is C20H24N2O3. The molecule has 0 radical (unpaired) electrons. The quantitative estimate of drug-likeness (QED) is 0.301. The van der Waals surface area contributed by atoms with E-state index in [1.807, 2.05) is 25.1 Å². The highest BCUT2D eigenvalue weighted by Crippen LogP contribution is 2.27. The van der Waals surface area contributed by atoms with Gasteiger partial charge in [-0.3, -0.25) is 0 Å². The molecule has 0 amide bonds. The van der Waals surface area contributed by atoms with Crippen LogP contribution in [0.2, 0.25) is 0 Å². The number of amidine groups is 1. The Balaban J connectivity index is 1.61. The molecule has 5 heteroatoms. The van der Waals surface area contributed by atoms with Crippen LogP contribution in [-0.2, 0) is 14.4 Å². The first-order chi connectivity index (χ1) is 12.1. The maximum Gasteiger partial charge on any atom is 0.337 e. The summed E-state index contributed by atoms with van der Waals surface area (Å²) in [6, 6.07) is 5.81. The Morgan fingerprint density at radius 3 is 2.92 bits per heavy atom. The highest BCUT2D eigenvalue weighted by atomic mass is 16.7. The topological polar surface area (TPSA) is 73.9 Å². The third-order valence-electron chi connectivity index (χ3n) is 4.43. The minimum atomic E-state index is -0.419. The predicted molar refractivity (Wildman–Crippen MR) is 95.8 cm³/mol. The van der Waals surface area contributed by atoms with Gasteiger partial charge in [-0.15, -0.1) is 0 Å². The molecule has 1 aliphatic carbocycles. The molecule has 2 N–H and O–H groups in total. The lowest BCUT2D eigenvalue weighted by Crippen LogP contribution is -2.23. The van der Waals surface area contributed by atoms with Gasteiger partial charge in [-0.2, -0.15) is 0 Å². The second-order valence-electron chi connectivity index (χ2n) is 6.71. The van der Waals surface area contributed by atoms with Gasteiger partial charge in [0.1, 0.15) is 0 Å². The molecular weight excluding hydrogens is 316 g/mol. The first-order valence-corrected chi connectivity index (χ1v) is 8.89. The maximum atomic E-state index is 11.9. The average molecular weight is 340 g/mol. The molecule has 132 valence electrons. The molecule has 2 aliphatic rings. The number of benzene rings is 1. The van der Waals surface area contributed by atoms with Gasteiger partial charge in [-0.1, -0.05) is 23.1 Å². The van der Waals surface area contributed by atoms with E-state index >= 15 is 0 Å². The van der Waals surface area contributed by atoms with Crippen LogP contribution in [0.1, 0.15) is 55.2 Å². The van der Waals surface area contributed by atoms with E-state index in [0.29, 0.717) is 12.5 Å². The van der Waals surface area contributed by atoms with E-state index < -0.39 is 5.97 Å². The number of ether oxygens (including phenoxy) is 1. The van der Waals surface area contributed by atoms with E-state index in [9.17, 15) is 4.79 Å². The summed E-state index contributed by atoms with van der Waals surface area (Å²) >= 11 is 0. The van der Waals surface area contributed by atoms with Crippen molar-refractivity contribution in [2.24, 2.45) is 16.8 Å². The smallest absolute Gasteiger partial charge is 0.337 e. The number of oxime groups is 1. The Labute approximate surface area is 148 Å². The summed E-state index contributed by atoms with van der Waals surface area (Å²) in [4.78, 5) is 16.9. The minimum absolute atomic E-state index is 0.0690. The van der Waals surface area contributed by atoms with Crippen LogP contribution in [-0.4, -0.2) is 24.5 Å². The summed E-state index contributed by atoms with van der Waals surface area (Å²) < 4.78 is 5.53. The van der Waals surface area contributed by atoms with Gasteiger partial charge in [0.2, 0.25) is 0 Å². The van der Waals surface area contributed by atoms with E-state index in [-0.39, 0.29) is 18.4 Å². The summed E-state index contributed by atoms with van der Waals surface area (Å²) in [5.74, 6) is 6.69. The first kappa shape index (κ1) is 17.5. The van der Waals surface area contributed by atoms with Gasteiger partial charge in [-0.05, 0) is 56.7 Å². The maximum absolute atomic E-state index is 11.9. The van der Waals surface area contributed by atoms with Crippen LogP contribution >= 0.6 is 0 Å². The van der Waals surface area contributed by atoms with Gasteiger partial charge in [0.25, 0.3) is 0 Å². The van der Waals surface area contributed by atoms with Crippen LogP contribution in [0.15, 0.2) is 23.4 Å². The van der Waals surface area contributed by atoms with E-state index in [4.69, 9.17) is 15.3 Å². The highest BCUT2D eigenvalue weighted by Gasteiger charge is 2.19. The standard InChI is InChI=1S/C20H24N2O3/c1-14-5-6-16(10-9-15-7-8-15)12-18(14)20(21)22-25-19(23)13-17-4-2-3-11-24-17/h5-6,12,15,17H,2-4,7-8,11,13H2,1H3,(H2,21,22). The fourth-order valence-electron chi connectivity index (χ4n) is 2.73. The number of hydrogen-bond donors (Lipinski definition) is 1. The lowest BCUT2D eigenvalue weighted by molar-refractivity contribution is -0.147. The first-order valence-electron chi connectivity index (χ1n) is 8.89. The van der Waals surface area contributed by atoms with Crippen LogP contribution in [0.3, 0.4) is 0 Å². The van der Waals surface area contributed by atoms with Gasteiger partial charge in [-0.25, -0.2) is 4.79 Å². The van der Waals surface area contributed by atoms with E-state index in [0.717, 1.165) is 36.0 Å². The Morgan fingerprint density at radius 1 is 1.36 bits per heavy atom. The normalized spacial score (nSPS) is 20.5. The molecule has 2 fully saturated rings. The van der Waals surface area contributed by atoms with Gasteiger partial charge < -0.3 is 15.3 Å². The lowest BCUT2D eigenvalue weighted by Gasteiger charge is -2.20. The van der Waals surface area contributed by atoms with Gasteiger partial charge in [0.05, 0.1) is 12.5 Å². The third kappa shape index (κ3) is 5.33. The van der Waals surface area contributed by atoms with Crippen molar-refractivity contribution in [3.8, 4) is 11.8 Å². The van der Waals surface area contributed by atoms with Gasteiger partial charge in [0.15, 0.2) is 5.84 Å². The fourth-order valence-corrected chi connectivity index (χ4v) is 2.73. The monoisotopic (exact) mass is 340 g/mol. The Morgan fingerprint density at radius 2 is 2.20 bits per heavy atom. The van der Waals surface area contributed by atoms with Crippen LogP contribution in [0.25, 0.3) is 0 Å². The van der Waals surface area contributed by atoms with E-state index in [1.54, 1.807) is 0 Å². The zero-order valence-corrected chi connectivity index (χ0v) is 14.6. The molecule has 1 heterocycles. The van der Waals surface area contributed by atoms with E-state index in [2.05, 4.69) is 17.0 Å². The molecule has 5 nitrogen and oxygen atoms in total. The molecule has 3 rings (SSSR count). The highest BCUT2D eigenvalue weighted by molar-refractivity contribution is 5.99. The van der Waals surface area contributed by atoms with Crippen molar-refractivity contribution in [3.05, 3.63) is 34.9 Å².